The standard InChI is InChI=1S/C14H26N2O3/c1-14(2,3)19-13(18)8-10-15-9-4-5-12(17)16-11-6-7-11/h11,15H,4-10H2,1-3H3,(H,16,17). The minimum absolute atomic E-state index is 0.136. The zero-order chi connectivity index (χ0) is 14.3. The number of nitrogens with one attached hydrogen (secondary N) is 2. The summed E-state index contributed by atoms with van der Waals surface area (Å²) < 4.78 is 5.19. The minimum atomic E-state index is -0.419. The van der Waals surface area contributed by atoms with Gasteiger partial charge in [-0.25, -0.2) is 0 Å². The lowest BCUT2D eigenvalue weighted by Gasteiger charge is -2.19. The molecule has 1 saturated carbocycles. The summed E-state index contributed by atoms with van der Waals surface area (Å²) in [6, 6.07) is 0.438. The van der Waals surface area contributed by atoms with Crippen LogP contribution in [0.25, 0.3) is 0 Å². The first-order valence-corrected chi connectivity index (χ1v) is 7.09. The Hall–Kier alpha value is -1.10. The summed E-state index contributed by atoms with van der Waals surface area (Å²) in [5.74, 6) is -0.0529. The van der Waals surface area contributed by atoms with Gasteiger partial charge >= 0.3 is 5.97 Å². The molecule has 2 N–H and O–H groups in total. The van der Waals surface area contributed by atoms with Gasteiger partial charge in [0.2, 0.25) is 5.91 Å². The third kappa shape index (κ3) is 9.47. The second-order valence-electron chi connectivity index (χ2n) is 6.03. The maximum atomic E-state index is 11.4. The van der Waals surface area contributed by atoms with Gasteiger partial charge in [0.1, 0.15) is 5.60 Å². The molecule has 0 aliphatic heterocycles. The first-order valence-electron chi connectivity index (χ1n) is 7.09. The Morgan fingerprint density at radius 1 is 1.16 bits per heavy atom. The second-order valence-corrected chi connectivity index (χ2v) is 6.03. The van der Waals surface area contributed by atoms with Gasteiger partial charge in [-0.2, -0.15) is 0 Å². The SMILES string of the molecule is CC(C)(C)OC(=O)CCNCCCC(=O)NC1CC1. The van der Waals surface area contributed by atoms with Gasteiger partial charge in [0, 0.05) is 19.0 Å². The van der Waals surface area contributed by atoms with Crippen LogP contribution in [0.2, 0.25) is 0 Å². The molecule has 1 fully saturated rings. The molecule has 0 atom stereocenters. The summed E-state index contributed by atoms with van der Waals surface area (Å²) in [7, 11) is 0. The van der Waals surface area contributed by atoms with Crippen LogP contribution in [0.3, 0.4) is 0 Å². The molecule has 0 radical (unpaired) electrons. The van der Waals surface area contributed by atoms with Gasteiger partial charge in [0.05, 0.1) is 6.42 Å². The summed E-state index contributed by atoms with van der Waals surface area (Å²) in [6.07, 6.45) is 3.97. The lowest BCUT2D eigenvalue weighted by atomic mass is 10.2. The highest BCUT2D eigenvalue weighted by molar-refractivity contribution is 5.76. The van der Waals surface area contributed by atoms with Crippen LogP contribution in [0, 0.1) is 0 Å². The molecule has 1 aliphatic carbocycles. The summed E-state index contributed by atoms with van der Waals surface area (Å²) in [4.78, 5) is 22.8. The monoisotopic (exact) mass is 270 g/mol. The Morgan fingerprint density at radius 2 is 1.84 bits per heavy atom. The van der Waals surface area contributed by atoms with Gasteiger partial charge in [0.15, 0.2) is 0 Å². The van der Waals surface area contributed by atoms with E-state index < -0.39 is 5.60 Å². The van der Waals surface area contributed by atoms with E-state index in [-0.39, 0.29) is 11.9 Å². The van der Waals surface area contributed by atoms with E-state index in [2.05, 4.69) is 10.6 Å². The molecule has 0 aromatic rings. The van der Waals surface area contributed by atoms with E-state index in [0.29, 0.717) is 25.4 Å². The van der Waals surface area contributed by atoms with Crippen molar-refractivity contribution in [3.8, 4) is 0 Å². The van der Waals surface area contributed by atoms with Crippen molar-refractivity contribution in [2.45, 2.75) is 64.5 Å². The molecular weight excluding hydrogens is 244 g/mol. The van der Waals surface area contributed by atoms with Crippen molar-refractivity contribution in [2.24, 2.45) is 0 Å². The predicted octanol–water partition coefficient (Wildman–Crippen LogP) is 1.37. The summed E-state index contributed by atoms with van der Waals surface area (Å²) in [5.41, 5.74) is -0.419. The number of hydrogen-bond acceptors (Lipinski definition) is 4. The fraction of sp³-hybridized carbons (Fsp3) is 0.857. The zero-order valence-corrected chi connectivity index (χ0v) is 12.3. The van der Waals surface area contributed by atoms with Crippen LogP contribution in [0.4, 0.5) is 0 Å². The molecule has 0 aromatic heterocycles. The van der Waals surface area contributed by atoms with E-state index in [1.165, 1.54) is 0 Å². The van der Waals surface area contributed by atoms with Crippen molar-refractivity contribution in [1.82, 2.24) is 10.6 Å². The number of amides is 1. The highest BCUT2D eigenvalue weighted by atomic mass is 16.6. The Labute approximate surface area is 115 Å². The Balaban J connectivity index is 1.90. The normalized spacial score (nSPS) is 15.1. The van der Waals surface area contributed by atoms with Crippen molar-refractivity contribution < 1.29 is 14.3 Å². The largest absolute Gasteiger partial charge is 0.460 e. The lowest BCUT2D eigenvalue weighted by Crippen LogP contribution is -2.28. The number of rotatable bonds is 8. The van der Waals surface area contributed by atoms with Crippen LogP contribution in [0.1, 0.15) is 52.9 Å². The maximum Gasteiger partial charge on any atom is 0.307 e. The van der Waals surface area contributed by atoms with E-state index in [1.54, 1.807) is 0 Å². The second kappa shape index (κ2) is 7.48. The molecule has 0 unspecified atom stereocenters. The number of carbonyl (C=O) groups excluding carboxylic acids is 2. The Bertz CT molecular complexity index is 306. The fourth-order valence-corrected chi connectivity index (χ4v) is 1.61. The van der Waals surface area contributed by atoms with Crippen molar-refractivity contribution in [1.29, 1.82) is 0 Å². The first kappa shape index (κ1) is 16.0. The summed E-state index contributed by atoms with van der Waals surface area (Å²) in [5, 5.41) is 6.09. The number of carbonyl (C=O) groups is 2. The van der Waals surface area contributed by atoms with Crippen LogP contribution in [0.5, 0.6) is 0 Å². The van der Waals surface area contributed by atoms with Crippen molar-refractivity contribution in [3.05, 3.63) is 0 Å². The molecule has 5 nitrogen and oxygen atoms in total. The lowest BCUT2D eigenvalue weighted by molar-refractivity contribution is -0.154. The average molecular weight is 270 g/mol. The minimum Gasteiger partial charge on any atom is -0.460 e. The quantitative estimate of drug-likeness (QED) is 0.516. The smallest absolute Gasteiger partial charge is 0.307 e. The number of ether oxygens (including phenoxy) is 1. The molecule has 0 spiro atoms. The molecule has 1 aliphatic rings. The van der Waals surface area contributed by atoms with Crippen molar-refractivity contribution in [2.75, 3.05) is 13.1 Å². The van der Waals surface area contributed by atoms with E-state index in [1.807, 2.05) is 20.8 Å². The molecule has 0 bridgehead atoms. The van der Waals surface area contributed by atoms with Crippen LogP contribution in [0.15, 0.2) is 0 Å². The summed E-state index contributed by atoms with van der Waals surface area (Å²) in [6.45, 7) is 6.92. The number of esters is 1. The van der Waals surface area contributed by atoms with Crippen LogP contribution in [-0.2, 0) is 14.3 Å². The van der Waals surface area contributed by atoms with Crippen molar-refractivity contribution in [3.63, 3.8) is 0 Å². The molecule has 1 rings (SSSR count). The van der Waals surface area contributed by atoms with Crippen molar-refractivity contribution >= 4 is 11.9 Å². The zero-order valence-electron chi connectivity index (χ0n) is 12.3. The molecule has 0 aromatic carbocycles. The summed E-state index contributed by atoms with van der Waals surface area (Å²) >= 11 is 0. The third-order valence-electron chi connectivity index (χ3n) is 2.63. The van der Waals surface area contributed by atoms with E-state index in [4.69, 9.17) is 4.74 Å². The van der Waals surface area contributed by atoms with Gasteiger partial charge < -0.3 is 15.4 Å². The molecule has 0 saturated heterocycles. The predicted molar refractivity (Wildman–Crippen MR) is 73.7 cm³/mol. The highest BCUT2D eigenvalue weighted by Gasteiger charge is 2.22. The molecule has 19 heavy (non-hydrogen) atoms. The van der Waals surface area contributed by atoms with Gasteiger partial charge in [0.25, 0.3) is 0 Å². The molecular formula is C14H26N2O3. The van der Waals surface area contributed by atoms with E-state index in [9.17, 15) is 9.59 Å². The molecule has 110 valence electrons. The van der Waals surface area contributed by atoms with E-state index in [0.717, 1.165) is 25.8 Å². The fourth-order valence-electron chi connectivity index (χ4n) is 1.61. The van der Waals surface area contributed by atoms with Gasteiger partial charge in [-0.3, -0.25) is 9.59 Å². The van der Waals surface area contributed by atoms with Crippen LogP contribution < -0.4 is 10.6 Å². The molecule has 1 amide bonds. The molecule has 5 heteroatoms. The number of hydrogen-bond donors (Lipinski definition) is 2. The van der Waals surface area contributed by atoms with Gasteiger partial charge in [-0.1, -0.05) is 0 Å². The van der Waals surface area contributed by atoms with Crippen LogP contribution in [-0.4, -0.2) is 36.6 Å². The first-order chi connectivity index (χ1) is 8.87. The Kier molecular flexibility index (Phi) is 6.28. The molecule has 0 heterocycles. The van der Waals surface area contributed by atoms with Gasteiger partial charge in [-0.15, -0.1) is 0 Å². The third-order valence-corrected chi connectivity index (χ3v) is 2.63. The topological polar surface area (TPSA) is 67.4 Å². The maximum absolute atomic E-state index is 11.4. The van der Waals surface area contributed by atoms with Crippen LogP contribution >= 0.6 is 0 Å². The Morgan fingerprint density at radius 3 is 2.42 bits per heavy atom. The van der Waals surface area contributed by atoms with E-state index >= 15 is 0 Å². The average Bonchev–Trinajstić information content (AvgIpc) is 3.04. The highest BCUT2D eigenvalue weighted by Crippen LogP contribution is 2.18. The van der Waals surface area contributed by atoms with Gasteiger partial charge in [-0.05, 0) is 46.6 Å².